The van der Waals surface area contributed by atoms with Gasteiger partial charge in [-0.2, -0.15) is 0 Å². The molecule has 0 radical (unpaired) electrons. The Kier molecular flexibility index (Phi) is 4.09. The summed E-state index contributed by atoms with van der Waals surface area (Å²) in [5.41, 5.74) is 0. The Bertz CT molecular complexity index is 396. The van der Waals surface area contributed by atoms with Gasteiger partial charge >= 0.3 is 0 Å². The molecule has 17 heavy (non-hydrogen) atoms. The van der Waals surface area contributed by atoms with Crippen molar-refractivity contribution in [1.82, 2.24) is 9.88 Å². The summed E-state index contributed by atoms with van der Waals surface area (Å²) in [6.07, 6.45) is 2.08. The second-order valence-electron chi connectivity index (χ2n) is 4.09. The van der Waals surface area contributed by atoms with Gasteiger partial charge in [0.25, 0.3) is 0 Å². The molecule has 1 aromatic heterocycles. The molecule has 1 fully saturated rings. The molecule has 2 rings (SSSR count). The highest BCUT2D eigenvalue weighted by Crippen LogP contribution is 2.11. The van der Waals surface area contributed by atoms with E-state index in [0.717, 1.165) is 17.4 Å². The molecule has 92 valence electrons. The van der Waals surface area contributed by atoms with Crippen molar-refractivity contribution in [2.45, 2.75) is 12.5 Å². The van der Waals surface area contributed by atoms with Crippen molar-refractivity contribution in [3.8, 4) is 0 Å². The summed E-state index contributed by atoms with van der Waals surface area (Å²) in [6.45, 7) is 1.64. The summed E-state index contributed by atoms with van der Waals surface area (Å²) in [6, 6.07) is 3.56. The summed E-state index contributed by atoms with van der Waals surface area (Å²) in [5.74, 6) is 0.437. The third kappa shape index (κ3) is 3.76. The van der Waals surface area contributed by atoms with Gasteiger partial charge < -0.3 is 10.4 Å². The standard InChI is InChI=1S/C11H14BrN3O2/c12-8-1-2-10(13-5-8)14-11(17)7-15-4-3-9(16)6-15/h1-2,5,9,16H,3-4,6-7H2,(H,13,14,17)/t9-/m1/s1. The number of aromatic nitrogens is 1. The average molecular weight is 300 g/mol. The molecule has 1 amide bonds. The van der Waals surface area contributed by atoms with Crippen LogP contribution in [0, 0.1) is 0 Å². The molecule has 1 aliphatic heterocycles. The number of halogens is 1. The van der Waals surface area contributed by atoms with E-state index < -0.39 is 0 Å². The molecule has 0 unspecified atom stereocenters. The van der Waals surface area contributed by atoms with Crippen LogP contribution in [-0.4, -0.2) is 46.6 Å². The van der Waals surface area contributed by atoms with Gasteiger partial charge in [-0.15, -0.1) is 0 Å². The number of carbonyl (C=O) groups excluding carboxylic acids is 1. The second kappa shape index (κ2) is 5.57. The lowest BCUT2D eigenvalue weighted by atomic mass is 10.3. The predicted molar refractivity (Wildman–Crippen MR) is 67.6 cm³/mol. The average Bonchev–Trinajstić information content (AvgIpc) is 2.67. The summed E-state index contributed by atoms with van der Waals surface area (Å²) in [4.78, 5) is 17.7. The zero-order valence-corrected chi connectivity index (χ0v) is 10.9. The zero-order valence-electron chi connectivity index (χ0n) is 9.27. The summed E-state index contributed by atoms with van der Waals surface area (Å²) < 4.78 is 0.873. The molecule has 2 heterocycles. The van der Waals surface area contributed by atoms with Crippen LogP contribution >= 0.6 is 15.9 Å². The number of nitrogens with one attached hydrogen (secondary N) is 1. The number of likely N-dealkylation sites (tertiary alicyclic amines) is 1. The van der Waals surface area contributed by atoms with Crippen LogP contribution in [0.5, 0.6) is 0 Å². The van der Waals surface area contributed by atoms with Crippen molar-refractivity contribution < 1.29 is 9.90 Å². The molecule has 5 nitrogen and oxygen atoms in total. The van der Waals surface area contributed by atoms with Crippen LogP contribution < -0.4 is 5.32 Å². The normalized spacial score (nSPS) is 20.5. The maximum Gasteiger partial charge on any atom is 0.239 e. The number of β-amino-alcohol motifs (C(OH)–C–C–N with tert-alkyl or cyclic N) is 1. The number of anilines is 1. The Balaban J connectivity index is 1.83. The van der Waals surface area contributed by atoms with E-state index in [-0.39, 0.29) is 12.0 Å². The van der Waals surface area contributed by atoms with E-state index in [1.165, 1.54) is 0 Å². The largest absolute Gasteiger partial charge is 0.392 e. The monoisotopic (exact) mass is 299 g/mol. The smallest absolute Gasteiger partial charge is 0.239 e. The van der Waals surface area contributed by atoms with Crippen molar-refractivity contribution >= 4 is 27.7 Å². The topological polar surface area (TPSA) is 65.5 Å². The molecule has 2 N–H and O–H groups in total. The Hall–Kier alpha value is -0.980. The number of nitrogens with zero attached hydrogens (tertiary/aromatic N) is 2. The van der Waals surface area contributed by atoms with Crippen LogP contribution in [0.1, 0.15) is 6.42 Å². The lowest BCUT2D eigenvalue weighted by Gasteiger charge is -2.13. The Morgan fingerprint density at radius 2 is 2.47 bits per heavy atom. The Labute approximate surface area is 108 Å². The molecular weight excluding hydrogens is 286 g/mol. The number of hydrogen-bond donors (Lipinski definition) is 2. The third-order valence-electron chi connectivity index (χ3n) is 2.61. The first-order valence-electron chi connectivity index (χ1n) is 5.45. The molecule has 1 aliphatic rings. The van der Waals surface area contributed by atoms with Gasteiger partial charge in [0.2, 0.25) is 5.91 Å². The summed E-state index contributed by atoms with van der Waals surface area (Å²) >= 11 is 3.28. The first kappa shape index (κ1) is 12.5. The molecule has 1 saturated heterocycles. The number of aliphatic hydroxyl groups excluding tert-OH is 1. The van der Waals surface area contributed by atoms with E-state index in [0.29, 0.717) is 18.9 Å². The number of amides is 1. The highest BCUT2D eigenvalue weighted by molar-refractivity contribution is 9.10. The van der Waals surface area contributed by atoms with Crippen molar-refractivity contribution in [2.24, 2.45) is 0 Å². The van der Waals surface area contributed by atoms with Crippen LogP contribution in [-0.2, 0) is 4.79 Å². The number of aliphatic hydroxyl groups is 1. The zero-order chi connectivity index (χ0) is 12.3. The molecule has 1 atom stereocenters. The van der Waals surface area contributed by atoms with E-state index >= 15 is 0 Å². The van der Waals surface area contributed by atoms with E-state index in [1.807, 2.05) is 11.0 Å². The number of pyridine rings is 1. The molecule has 0 aliphatic carbocycles. The Morgan fingerprint density at radius 3 is 3.06 bits per heavy atom. The first-order valence-corrected chi connectivity index (χ1v) is 6.24. The van der Waals surface area contributed by atoms with Gasteiger partial charge in [0.05, 0.1) is 12.6 Å². The number of rotatable bonds is 3. The van der Waals surface area contributed by atoms with Crippen LogP contribution in [0.15, 0.2) is 22.8 Å². The van der Waals surface area contributed by atoms with Gasteiger partial charge in [-0.1, -0.05) is 0 Å². The molecule has 6 heteroatoms. The van der Waals surface area contributed by atoms with Crippen LogP contribution in [0.2, 0.25) is 0 Å². The van der Waals surface area contributed by atoms with E-state index in [2.05, 4.69) is 26.2 Å². The maximum atomic E-state index is 11.7. The van der Waals surface area contributed by atoms with Crippen LogP contribution in [0.4, 0.5) is 5.82 Å². The molecule has 0 bridgehead atoms. The van der Waals surface area contributed by atoms with E-state index in [4.69, 9.17) is 0 Å². The molecule has 0 saturated carbocycles. The van der Waals surface area contributed by atoms with Gasteiger partial charge in [0.15, 0.2) is 0 Å². The van der Waals surface area contributed by atoms with Gasteiger partial charge in [-0.05, 0) is 34.5 Å². The molecule has 0 aromatic carbocycles. The van der Waals surface area contributed by atoms with Crippen molar-refractivity contribution in [1.29, 1.82) is 0 Å². The number of carbonyl (C=O) groups is 1. The second-order valence-corrected chi connectivity index (χ2v) is 5.00. The fraction of sp³-hybridized carbons (Fsp3) is 0.455. The van der Waals surface area contributed by atoms with Gasteiger partial charge in [0.1, 0.15) is 5.82 Å². The lowest BCUT2D eigenvalue weighted by molar-refractivity contribution is -0.117. The molecule has 0 spiro atoms. The predicted octanol–water partition coefficient (Wildman–Crippen LogP) is 0.849. The summed E-state index contributed by atoms with van der Waals surface area (Å²) in [7, 11) is 0. The van der Waals surface area contributed by atoms with E-state index in [1.54, 1.807) is 12.3 Å². The maximum absolute atomic E-state index is 11.7. The fourth-order valence-electron chi connectivity index (χ4n) is 1.79. The van der Waals surface area contributed by atoms with Crippen molar-refractivity contribution in [3.63, 3.8) is 0 Å². The van der Waals surface area contributed by atoms with Gasteiger partial charge in [0, 0.05) is 23.8 Å². The Morgan fingerprint density at radius 1 is 1.65 bits per heavy atom. The van der Waals surface area contributed by atoms with Gasteiger partial charge in [-0.25, -0.2) is 4.98 Å². The fourth-order valence-corrected chi connectivity index (χ4v) is 2.03. The van der Waals surface area contributed by atoms with E-state index in [9.17, 15) is 9.90 Å². The quantitative estimate of drug-likeness (QED) is 0.868. The van der Waals surface area contributed by atoms with Crippen LogP contribution in [0.25, 0.3) is 0 Å². The van der Waals surface area contributed by atoms with Crippen molar-refractivity contribution in [2.75, 3.05) is 25.0 Å². The first-order chi connectivity index (χ1) is 8.13. The minimum atomic E-state index is -0.298. The molecule has 1 aromatic rings. The minimum Gasteiger partial charge on any atom is -0.392 e. The highest BCUT2D eigenvalue weighted by Gasteiger charge is 2.21. The lowest BCUT2D eigenvalue weighted by Crippen LogP contribution is -2.32. The van der Waals surface area contributed by atoms with Crippen LogP contribution in [0.3, 0.4) is 0 Å². The SMILES string of the molecule is O=C(CN1CC[C@@H](O)C1)Nc1ccc(Br)cn1. The minimum absolute atomic E-state index is 0.103. The highest BCUT2D eigenvalue weighted by atomic mass is 79.9. The molecular formula is C11H14BrN3O2. The summed E-state index contributed by atoms with van der Waals surface area (Å²) in [5, 5.41) is 12.1. The third-order valence-corrected chi connectivity index (χ3v) is 3.08. The van der Waals surface area contributed by atoms with Gasteiger partial charge in [-0.3, -0.25) is 9.69 Å². The number of hydrogen-bond acceptors (Lipinski definition) is 4. The van der Waals surface area contributed by atoms with Crippen molar-refractivity contribution in [3.05, 3.63) is 22.8 Å².